The molecule has 0 fully saturated rings. The van der Waals surface area contributed by atoms with Crippen molar-refractivity contribution in [3.8, 4) is 0 Å². The van der Waals surface area contributed by atoms with Gasteiger partial charge in [-0.2, -0.15) is 0 Å². The molecule has 0 N–H and O–H groups in total. The first kappa shape index (κ1) is 19.7. The van der Waals surface area contributed by atoms with E-state index in [1.165, 1.54) is 11.3 Å². The number of imidazole rings is 1. The summed E-state index contributed by atoms with van der Waals surface area (Å²) in [6.45, 7) is 4.22. The van der Waals surface area contributed by atoms with Gasteiger partial charge >= 0.3 is 0 Å². The average Bonchev–Trinajstić information content (AvgIpc) is 3.35. The Balaban J connectivity index is 1.66. The lowest BCUT2D eigenvalue weighted by Crippen LogP contribution is -2.31. The molecule has 3 aromatic heterocycles. The van der Waals surface area contributed by atoms with Crippen LogP contribution in [-0.2, 0) is 6.54 Å². The monoisotopic (exact) mass is 446 g/mol. The summed E-state index contributed by atoms with van der Waals surface area (Å²) in [7, 11) is 0. The summed E-state index contributed by atoms with van der Waals surface area (Å²) < 4.78 is 2.84. The smallest absolute Gasteiger partial charge is 0.279 e. The predicted octanol–water partition coefficient (Wildman–Crippen LogP) is 6.06. The Hall–Kier alpha value is -3.22. The third-order valence-electron chi connectivity index (χ3n) is 5.30. The van der Waals surface area contributed by atoms with Crippen molar-refractivity contribution in [3.05, 3.63) is 94.4 Å². The van der Waals surface area contributed by atoms with Crippen molar-refractivity contribution in [2.75, 3.05) is 4.90 Å². The number of carbonyl (C=O) groups is 1. The molecule has 2 aromatic carbocycles. The molecule has 5 rings (SSSR count). The van der Waals surface area contributed by atoms with Crippen LogP contribution in [0.5, 0.6) is 0 Å². The van der Waals surface area contributed by atoms with Gasteiger partial charge in [0.25, 0.3) is 5.91 Å². The van der Waals surface area contributed by atoms with E-state index in [2.05, 4.69) is 4.98 Å². The van der Waals surface area contributed by atoms with Crippen molar-refractivity contribution in [2.45, 2.75) is 20.4 Å². The molecule has 5 nitrogen and oxygen atoms in total. The van der Waals surface area contributed by atoms with E-state index < -0.39 is 0 Å². The Bertz CT molecular complexity index is 1420. The zero-order chi connectivity index (χ0) is 21.5. The van der Waals surface area contributed by atoms with Crippen LogP contribution in [-0.4, -0.2) is 20.3 Å². The lowest BCUT2D eigenvalue weighted by molar-refractivity contribution is 0.0979. The fourth-order valence-electron chi connectivity index (χ4n) is 3.70. The molecule has 154 valence electrons. The van der Waals surface area contributed by atoms with E-state index in [0.29, 0.717) is 28.1 Å². The van der Waals surface area contributed by atoms with Crippen LogP contribution in [0.4, 0.5) is 5.13 Å². The number of thiazole rings is 1. The SMILES string of the molecule is Cc1nc2ccccn2c1C(=O)N(Cc1ccccc1)c1nc2c(C)c(Cl)ccc2s1. The van der Waals surface area contributed by atoms with Gasteiger partial charge in [-0.3, -0.25) is 14.1 Å². The topological polar surface area (TPSA) is 50.5 Å². The number of halogens is 1. The molecular weight excluding hydrogens is 428 g/mol. The third-order valence-corrected chi connectivity index (χ3v) is 6.76. The highest BCUT2D eigenvalue weighted by atomic mass is 35.5. The maximum absolute atomic E-state index is 13.9. The second-order valence-corrected chi connectivity index (χ2v) is 8.78. The second-order valence-electron chi connectivity index (χ2n) is 7.37. The van der Waals surface area contributed by atoms with Crippen molar-refractivity contribution in [1.82, 2.24) is 14.4 Å². The minimum Gasteiger partial charge on any atom is -0.295 e. The molecule has 0 radical (unpaired) electrons. The Morgan fingerprint density at radius 3 is 2.61 bits per heavy atom. The number of pyridine rings is 1. The van der Waals surface area contributed by atoms with E-state index in [1.54, 1.807) is 4.90 Å². The molecule has 31 heavy (non-hydrogen) atoms. The van der Waals surface area contributed by atoms with Gasteiger partial charge < -0.3 is 0 Å². The second kappa shape index (κ2) is 7.80. The van der Waals surface area contributed by atoms with Crippen molar-refractivity contribution in [3.63, 3.8) is 0 Å². The van der Waals surface area contributed by atoms with E-state index in [1.807, 2.05) is 85.1 Å². The Morgan fingerprint density at radius 2 is 1.81 bits per heavy atom. The maximum atomic E-state index is 13.9. The Kier molecular flexibility index (Phi) is 4.96. The number of aryl methyl sites for hydroxylation is 2. The predicted molar refractivity (Wildman–Crippen MR) is 126 cm³/mol. The number of nitrogens with zero attached hydrogens (tertiary/aromatic N) is 4. The third kappa shape index (κ3) is 3.48. The van der Waals surface area contributed by atoms with Crippen LogP contribution in [0.15, 0.2) is 66.9 Å². The normalized spacial score (nSPS) is 11.3. The fraction of sp³-hybridized carbons (Fsp3) is 0.125. The number of amides is 1. The maximum Gasteiger partial charge on any atom is 0.279 e. The first-order valence-corrected chi connectivity index (χ1v) is 11.1. The zero-order valence-corrected chi connectivity index (χ0v) is 18.6. The van der Waals surface area contributed by atoms with Gasteiger partial charge in [-0.15, -0.1) is 0 Å². The standard InChI is InChI=1S/C24H19ClN4OS/c1-15-18(25)11-12-19-21(15)27-24(31-19)29(14-17-8-4-3-5-9-17)23(30)22-16(2)26-20-10-6-7-13-28(20)22/h3-13H,14H2,1-2H3. The van der Waals surface area contributed by atoms with Gasteiger partial charge in [0, 0.05) is 11.2 Å². The summed E-state index contributed by atoms with van der Waals surface area (Å²) in [4.78, 5) is 25.0. The van der Waals surface area contributed by atoms with Gasteiger partial charge in [0.15, 0.2) is 5.13 Å². The number of fused-ring (bicyclic) bond motifs is 2. The highest BCUT2D eigenvalue weighted by molar-refractivity contribution is 7.22. The van der Waals surface area contributed by atoms with Gasteiger partial charge in [-0.1, -0.05) is 59.3 Å². The van der Waals surface area contributed by atoms with Crippen LogP contribution in [0.2, 0.25) is 5.02 Å². The van der Waals surface area contributed by atoms with Crippen molar-refractivity contribution in [2.24, 2.45) is 0 Å². The van der Waals surface area contributed by atoms with Gasteiger partial charge in [0.1, 0.15) is 11.3 Å². The number of hydrogen-bond acceptors (Lipinski definition) is 4. The Morgan fingerprint density at radius 1 is 1.03 bits per heavy atom. The molecule has 0 unspecified atom stereocenters. The number of rotatable bonds is 4. The minimum absolute atomic E-state index is 0.136. The molecule has 5 aromatic rings. The number of carbonyl (C=O) groups excluding carboxylic acids is 1. The van der Waals surface area contributed by atoms with E-state index in [4.69, 9.17) is 16.6 Å². The largest absolute Gasteiger partial charge is 0.295 e. The summed E-state index contributed by atoms with van der Waals surface area (Å²) in [6.07, 6.45) is 1.87. The molecule has 1 amide bonds. The van der Waals surface area contributed by atoms with Crippen LogP contribution in [0.3, 0.4) is 0 Å². The fourth-order valence-corrected chi connectivity index (χ4v) is 4.87. The highest BCUT2D eigenvalue weighted by Gasteiger charge is 2.27. The van der Waals surface area contributed by atoms with E-state index in [9.17, 15) is 4.79 Å². The number of hydrogen-bond donors (Lipinski definition) is 0. The minimum atomic E-state index is -0.136. The summed E-state index contributed by atoms with van der Waals surface area (Å²) in [5.74, 6) is -0.136. The zero-order valence-electron chi connectivity index (χ0n) is 17.0. The first-order valence-electron chi connectivity index (χ1n) is 9.88. The van der Waals surface area contributed by atoms with Crippen LogP contribution in [0.25, 0.3) is 15.9 Å². The highest BCUT2D eigenvalue weighted by Crippen LogP contribution is 2.35. The van der Waals surface area contributed by atoms with Gasteiger partial charge in [-0.05, 0) is 49.2 Å². The molecule has 3 heterocycles. The van der Waals surface area contributed by atoms with E-state index in [0.717, 1.165) is 27.0 Å². The number of anilines is 1. The molecule has 0 bridgehead atoms. The van der Waals surface area contributed by atoms with Gasteiger partial charge in [0.2, 0.25) is 0 Å². The lowest BCUT2D eigenvalue weighted by Gasteiger charge is -2.20. The summed E-state index contributed by atoms with van der Waals surface area (Å²) in [5.41, 5.74) is 4.74. The molecule has 0 spiro atoms. The summed E-state index contributed by atoms with van der Waals surface area (Å²) >= 11 is 7.80. The molecule has 0 saturated carbocycles. The van der Waals surface area contributed by atoms with Crippen LogP contribution < -0.4 is 4.90 Å². The molecule has 0 atom stereocenters. The average molecular weight is 447 g/mol. The molecule has 0 saturated heterocycles. The van der Waals surface area contributed by atoms with E-state index in [-0.39, 0.29) is 5.91 Å². The van der Waals surface area contributed by atoms with Gasteiger partial charge in [0.05, 0.1) is 22.5 Å². The lowest BCUT2D eigenvalue weighted by atomic mass is 10.2. The molecule has 0 aliphatic rings. The van der Waals surface area contributed by atoms with Gasteiger partial charge in [-0.25, -0.2) is 9.97 Å². The van der Waals surface area contributed by atoms with Crippen molar-refractivity contribution in [1.29, 1.82) is 0 Å². The van der Waals surface area contributed by atoms with Crippen LogP contribution in [0.1, 0.15) is 27.3 Å². The number of benzene rings is 2. The molecule has 7 heteroatoms. The van der Waals surface area contributed by atoms with Crippen LogP contribution >= 0.6 is 22.9 Å². The van der Waals surface area contributed by atoms with Crippen LogP contribution in [0, 0.1) is 13.8 Å². The summed E-state index contributed by atoms with van der Waals surface area (Å²) in [6, 6.07) is 19.5. The number of aromatic nitrogens is 3. The Labute approximate surface area is 188 Å². The van der Waals surface area contributed by atoms with E-state index >= 15 is 0 Å². The van der Waals surface area contributed by atoms with Crippen molar-refractivity contribution >= 4 is 49.8 Å². The first-order chi connectivity index (χ1) is 15.0. The molecule has 0 aliphatic heterocycles. The molecule has 0 aliphatic carbocycles. The summed E-state index contributed by atoms with van der Waals surface area (Å²) in [5, 5.41) is 1.31. The van der Waals surface area contributed by atoms with Crippen molar-refractivity contribution < 1.29 is 4.79 Å². The quantitative estimate of drug-likeness (QED) is 0.337. The molecular formula is C24H19ClN4OS.